The van der Waals surface area contributed by atoms with Gasteiger partial charge in [-0.2, -0.15) is 0 Å². The molecular weight excluding hydrogens is 322 g/mol. The number of aromatic nitrogens is 3. The topological polar surface area (TPSA) is 75.5 Å². The molecule has 7 nitrogen and oxygen atoms in total. The molecule has 1 aliphatic heterocycles. The number of nitrogens with zero attached hydrogens (tertiary/aromatic N) is 3. The van der Waals surface area contributed by atoms with Crippen molar-refractivity contribution in [2.24, 2.45) is 5.92 Å². The third kappa shape index (κ3) is 3.45. The van der Waals surface area contributed by atoms with Gasteiger partial charge in [0.25, 0.3) is 0 Å². The Morgan fingerprint density at radius 1 is 1.24 bits per heavy atom. The molecule has 0 aliphatic carbocycles. The SMILES string of the molecule is COC(=O)C1CCc2nnc(-c3ccc(OC(C)C)c(OC)c3)n2C1. The number of methoxy groups -OCH3 is 2. The third-order valence-corrected chi connectivity index (χ3v) is 4.27. The van der Waals surface area contributed by atoms with Crippen LogP contribution in [0.15, 0.2) is 18.2 Å². The maximum atomic E-state index is 11.9. The van der Waals surface area contributed by atoms with Crippen molar-refractivity contribution >= 4 is 5.97 Å². The Morgan fingerprint density at radius 3 is 2.72 bits per heavy atom. The standard InChI is InChI=1S/C18H23N3O4/c1-11(2)25-14-7-5-12(9-15(14)23-3)17-20-19-16-8-6-13(10-21(16)17)18(22)24-4/h5,7,9,11,13H,6,8,10H2,1-4H3. The van der Waals surface area contributed by atoms with E-state index in [1.54, 1.807) is 7.11 Å². The average molecular weight is 345 g/mol. The van der Waals surface area contributed by atoms with E-state index in [1.165, 1.54) is 7.11 Å². The Bertz CT molecular complexity index is 770. The van der Waals surface area contributed by atoms with Crippen molar-refractivity contribution in [3.63, 3.8) is 0 Å². The van der Waals surface area contributed by atoms with Crippen LogP contribution in [0.2, 0.25) is 0 Å². The van der Waals surface area contributed by atoms with E-state index in [2.05, 4.69) is 10.2 Å². The van der Waals surface area contributed by atoms with Crippen molar-refractivity contribution in [2.75, 3.05) is 14.2 Å². The van der Waals surface area contributed by atoms with E-state index < -0.39 is 0 Å². The summed E-state index contributed by atoms with van der Waals surface area (Å²) in [6.45, 7) is 4.46. The van der Waals surface area contributed by atoms with Gasteiger partial charge in [0.05, 0.1) is 26.2 Å². The largest absolute Gasteiger partial charge is 0.493 e. The number of carbonyl (C=O) groups is 1. The van der Waals surface area contributed by atoms with Gasteiger partial charge in [-0.1, -0.05) is 0 Å². The second-order valence-corrected chi connectivity index (χ2v) is 6.34. The van der Waals surface area contributed by atoms with Crippen molar-refractivity contribution < 1.29 is 19.0 Å². The van der Waals surface area contributed by atoms with E-state index in [9.17, 15) is 4.79 Å². The summed E-state index contributed by atoms with van der Waals surface area (Å²) < 4.78 is 18.1. The molecule has 3 rings (SSSR count). The van der Waals surface area contributed by atoms with Crippen LogP contribution in [0.4, 0.5) is 0 Å². The van der Waals surface area contributed by atoms with Crippen molar-refractivity contribution in [2.45, 2.75) is 39.3 Å². The van der Waals surface area contributed by atoms with Crippen LogP contribution in [0.3, 0.4) is 0 Å². The number of rotatable bonds is 5. The van der Waals surface area contributed by atoms with Gasteiger partial charge in [0.15, 0.2) is 17.3 Å². The molecule has 0 saturated heterocycles. The first-order valence-corrected chi connectivity index (χ1v) is 8.38. The molecule has 2 aromatic rings. The van der Waals surface area contributed by atoms with Crippen molar-refractivity contribution in [1.29, 1.82) is 0 Å². The van der Waals surface area contributed by atoms with Crippen molar-refractivity contribution in [1.82, 2.24) is 14.8 Å². The molecule has 1 unspecified atom stereocenters. The van der Waals surface area contributed by atoms with Crippen LogP contribution in [0.1, 0.15) is 26.1 Å². The van der Waals surface area contributed by atoms with E-state index >= 15 is 0 Å². The molecule has 0 radical (unpaired) electrons. The first kappa shape index (κ1) is 17.3. The zero-order valence-corrected chi connectivity index (χ0v) is 15.0. The lowest BCUT2D eigenvalue weighted by atomic mass is 9.99. The minimum atomic E-state index is -0.191. The van der Waals surface area contributed by atoms with Crippen LogP contribution in [-0.2, 0) is 22.5 Å². The Labute approximate surface area is 146 Å². The molecule has 0 bridgehead atoms. The summed E-state index contributed by atoms with van der Waals surface area (Å²) in [6.07, 6.45) is 1.50. The highest BCUT2D eigenvalue weighted by Crippen LogP contribution is 2.34. The number of esters is 1. The maximum absolute atomic E-state index is 11.9. The van der Waals surface area contributed by atoms with Crippen LogP contribution < -0.4 is 9.47 Å². The molecule has 1 aromatic carbocycles. The van der Waals surface area contributed by atoms with E-state index in [-0.39, 0.29) is 18.0 Å². The molecular formula is C18H23N3O4. The summed E-state index contributed by atoms with van der Waals surface area (Å²) >= 11 is 0. The third-order valence-electron chi connectivity index (χ3n) is 4.27. The van der Waals surface area contributed by atoms with Gasteiger partial charge in [0.2, 0.25) is 0 Å². The molecule has 0 spiro atoms. The number of ether oxygens (including phenoxy) is 3. The van der Waals surface area contributed by atoms with Gasteiger partial charge >= 0.3 is 5.97 Å². The Balaban J connectivity index is 1.93. The molecule has 0 fully saturated rings. The lowest BCUT2D eigenvalue weighted by Gasteiger charge is -2.22. The van der Waals surface area contributed by atoms with Gasteiger partial charge in [0, 0.05) is 18.5 Å². The predicted octanol–water partition coefficient (Wildman–Crippen LogP) is 2.48. The second-order valence-electron chi connectivity index (χ2n) is 6.34. The molecule has 0 N–H and O–H groups in total. The zero-order valence-electron chi connectivity index (χ0n) is 15.0. The van der Waals surface area contributed by atoms with Crippen molar-refractivity contribution in [3.8, 4) is 22.9 Å². The quantitative estimate of drug-likeness (QED) is 0.775. The molecule has 1 aromatic heterocycles. The maximum Gasteiger partial charge on any atom is 0.310 e. The smallest absolute Gasteiger partial charge is 0.310 e. The highest BCUT2D eigenvalue weighted by atomic mass is 16.5. The van der Waals surface area contributed by atoms with Gasteiger partial charge in [-0.3, -0.25) is 4.79 Å². The summed E-state index contributed by atoms with van der Waals surface area (Å²) in [5.41, 5.74) is 0.872. The molecule has 0 amide bonds. The van der Waals surface area contributed by atoms with Gasteiger partial charge in [-0.15, -0.1) is 10.2 Å². The molecule has 25 heavy (non-hydrogen) atoms. The van der Waals surface area contributed by atoms with E-state index in [1.807, 2.05) is 36.6 Å². The molecule has 1 aliphatic rings. The molecule has 7 heteroatoms. The van der Waals surface area contributed by atoms with Crippen LogP contribution in [0, 0.1) is 5.92 Å². The highest BCUT2D eigenvalue weighted by Gasteiger charge is 2.29. The minimum Gasteiger partial charge on any atom is -0.493 e. The molecule has 0 saturated carbocycles. The van der Waals surface area contributed by atoms with Gasteiger partial charge in [-0.25, -0.2) is 0 Å². The van der Waals surface area contributed by atoms with Crippen LogP contribution in [0.5, 0.6) is 11.5 Å². The van der Waals surface area contributed by atoms with Crippen LogP contribution in [0.25, 0.3) is 11.4 Å². The fraction of sp³-hybridized carbons (Fsp3) is 0.500. The van der Waals surface area contributed by atoms with E-state index in [0.717, 1.165) is 23.6 Å². The summed E-state index contributed by atoms with van der Waals surface area (Å²) in [5, 5.41) is 8.59. The monoisotopic (exact) mass is 345 g/mol. The average Bonchev–Trinajstić information content (AvgIpc) is 3.04. The lowest BCUT2D eigenvalue weighted by molar-refractivity contribution is -0.146. The fourth-order valence-corrected chi connectivity index (χ4v) is 3.06. The van der Waals surface area contributed by atoms with E-state index in [4.69, 9.17) is 14.2 Å². The van der Waals surface area contributed by atoms with Crippen LogP contribution >= 0.6 is 0 Å². The first-order valence-electron chi connectivity index (χ1n) is 8.38. The number of fused-ring (bicyclic) bond motifs is 1. The molecule has 134 valence electrons. The summed E-state index contributed by atoms with van der Waals surface area (Å²) in [4.78, 5) is 11.9. The zero-order chi connectivity index (χ0) is 18.0. The van der Waals surface area contributed by atoms with E-state index in [0.29, 0.717) is 24.5 Å². The number of aryl methyl sites for hydroxylation is 1. The Morgan fingerprint density at radius 2 is 2.04 bits per heavy atom. The normalized spacial score (nSPS) is 16.4. The Hall–Kier alpha value is -2.57. The summed E-state index contributed by atoms with van der Waals surface area (Å²) in [5.74, 6) is 2.58. The van der Waals surface area contributed by atoms with Gasteiger partial charge in [0.1, 0.15) is 5.82 Å². The van der Waals surface area contributed by atoms with Crippen LogP contribution in [-0.4, -0.2) is 41.1 Å². The lowest BCUT2D eigenvalue weighted by Crippen LogP contribution is -2.28. The number of hydrogen-bond donors (Lipinski definition) is 0. The van der Waals surface area contributed by atoms with Gasteiger partial charge in [-0.05, 0) is 38.5 Å². The van der Waals surface area contributed by atoms with Gasteiger partial charge < -0.3 is 18.8 Å². The molecule has 2 heterocycles. The Kier molecular flexibility index (Phi) is 4.92. The minimum absolute atomic E-state index is 0.0569. The summed E-state index contributed by atoms with van der Waals surface area (Å²) in [7, 11) is 3.03. The number of hydrogen-bond acceptors (Lipinski definition) is 6. The first-order chi connectivity index (χ1) is 12.0. The highest BCUT2D eigenvalue weighted by molar-refractivity contribution is 5.72. The molecule has 1 atom stereocenters. The van der Waals surface area contributed by atoms with Crippen molar-refractivity contribution in [3.05, 3.63) is 24.0 Å². The summed E-state index contributed by atoms with van der Waals surface area (Å²) in [6, 6.07) is 5.69. The number of carbonyl (C=O) groups excluding carboxylic acids is 1. The number of benzene rings is 1. The fourth-order valence-electron chi connectivity index (χ4n) is 3.06. The predicted molar refractivity (Wildman–Crippen MR) is 91.6 cm³/mol. The second kappa shape index (κ2) is 7.13.